The number of hydrogen-bond acceptors (Lipinski definition) is 4. The highest BCUT2D eigenvalue weighted by Crippen LogP contribution is 2.16. The lowest BCUT2D eigenvalue weighted by atomic mass is 10.2. The summed E-state index contributed by atoms with van der Waals surface area (Å²) < 4.78 is 14.8. The third kappa shape index (κ3) is 3.46. The Bertz CT molecular complexity index is 1190. The zero-order chi connectivity index (χ0) is 18.6. The highest BCUT2D eigenvalue weighted by molar-refractivity contribution is 5.81. The summed E-state index contributed by atoms with van der Waals surface area (Å²) >= 11 is 0. The van der Waals surface area contributed by atoms with Gasteiger partial charge in [0.25, 0.3) is 5.56 Å². The van der Waals surface area contributed by atoms with E-state index in [2.05, 4.69) is 15.5 Å². The normalized spacial score (nSPS) is 11.1. The van der Waals surface area contributed by atoms with Gasteiger partial charge in [-0.25, -0.2) is 19.4 Å². The molecule has 0 saturated carbocycles. The molecule has 1 aromatic heterocycles. The van der Waals surface area contributed by atoms with Crippen molar-refractivity contribution < 1.29 is 4.39 Å². The summed E-state index contributed by atoms with van der Waals surface area (Å²) in [5, 5.41) is 4.64. The number of hydrogen-bond donors (Lipinski definition) is 1. The van der Waals surface area contributed by atoms with E-state index >= 15 is 0 Å². The van der Waals surface area contributed by atoms with Crippen molar-refractivity contribution >= 4 is 23.1 Å². The molecule has 1 heterocycles. The van der Waals surface area contributed by atoms with Crippen LogP contribution in [-0.2, 0) is 0 Å². The minimum Gasteiger partial charge on any atom is -0.268 e. The molecule has 27 heavy (non-hydrogen) atoms. The molecule has 0 radical (unpaired) electrons. The highest BCUT2D eigenvalue weighted by Gasteiger charge is 2.11. The lowest BCUT2D eigenvalue weighted by molar-refractivity contribution is 0.627. The maximum Gasteiger partial charge on any atom is 0.267 e. The van der Waals surface area contributed by atoms with Gasteiger partial charge in [0.05, 0.1) is 22.8 Å². The van der Waals surface area contributed by atoms with E-state index in [1.807, 2.05) is 36.4 Å². The second-order valence-electron chi connectivity index (χ2n) is 5.85. The molecule has 0 saturated heterocycles. The Hall–Kier alpha value is -3.80. The van der Waals surface area contributed by atoms with E-state index in [9.17, 15) is 9.18 Å². The largest absolute Gasteiger partial charge is 0.268 e. The average molecular weight is 358 g/mol. The van der Waals surface area contributed by atoms with Crippen LogP contribution < -0.4 is 11.0 Å². The molecule has 3 aromatic carbocycles. The summed E-state index contributed by atoms with van der Waals surface area (Å²) in [4.78, 5) is 17.5. The maximum absolute atomic E-state index is 13.3. The van der Waals surface area contributed by atoms with Gasteiger partial charge in [-0.2, -0.15) is 5.10 Å². The molecule has 0 spiro atoms. The van der Waals surface area contributed by atoms with Crippen molar-refractivity contribution in [1.29, 1.82) is 0 Å². The Labute approximate surface area is 154 Å². The Morgan fingerprint density at radius 2 is 1.74 bits per heavy atom. The third-order valence-corrected chi connectivity index (χ3v) is 4.02. The molecular formula is C21H15FN4O. The molecule has 0 aliphatic heterocycles. The quantitative estimate of drug-likeness (QED) is 0.444. The molecule has 0 atom stereocenters. The number of para-hydroxylation sites is 2. The lowest BCUT2D eigenvalue weighted by Gasteiger charge is -2.12. The first kappa shape index (κ1) is 16.7. The first-order chi connectivity index (χ1) is 13.2. The number of rotatable bonds is 4. The van der Waals surface area contributed by atoms with Gasteiger partial charge in [0.1, 0.15) is 5.82 Å². The number of aromatic nitrogens is 2. The number of anilines is 1. The molecule has 4 aromatic rings. The molecular weight excluding hydrogens is 343 g/mol. The summed E-state index contributed by atoms with van der Waals surface area (Å²) in [7, 11) is 0. The van der Waals surface area contributed by atoms with Crippen LogP contribution in [0.5, 0.6) is 0 Å². The van der Waals surface area contributed by atoms with Gasteiger partial charge in [-0.3, -0.25) is 4.79 Å². The second kappa shape index (κ2) is 7.21. The third-order valence-electron chi connectivity index (χ3n) is 4.02. The van der Waals surface area contributed by atoms with Crippen molar-refractivity contribution in [3.63, 3.8) is 0 Å². The Balaban J connectivity index is 1.80. The summed E-state index contributed by atoms with van der Waals surface area (Å²) in [6.07, 6.45) is 1.47. The molecule has 4 rings (SSSR count). The molecule has 0 aliphatic carbocycles. The maximum atomic E-state index is 13.3. The molecule has 0 aliphatic rings. The van der Waals surface area contributed by atoms with Gasteiger partial charge in [-0.1, -0.05) is 42.5 Å². The van der Waals surface area contributed by atoms with Gasteiger partial charge in [0.2, 0.25) is 5.95 Å². The monoisotopic (exact) mass is 358 g/mol. The average Bonchev–Trinajstić information content (AvgIpc) is 2.69. The van der Waals surface area contributed by atoms with E-state index < -0.39 is 0 Å². The Morgan fingerprint density at radius 1 is 0.963 bits per heavy atom. The van der Waals surface area contributed by atoms with Crippen molar-refractivity contribution in [3.05, 3.63) is 101 Å². The fourth-order valence-electron chi connectivity index (χ4n) is 2.78. The van der Waals surface area contributed by atoms with E-state index in [1.54, 1.807) is 30.3 Å². The van der Waals surface area contributed by atoms with Crippen molar-refractivity contribution in [2.24, 2.45) is 5.10 Å². The highest BCUT2D eigenvalue weighted by atomic mass is 19.1. The number of nitrogens with zero attached hydrogens (tertiary/aromatic N) is 3. The van der Waals surface area contributed by atoms with Gasteiger partial charge < -0.3 is 0 Å². The fourth-order valence-corrected chi connectivity index (χ4v) is 2.78. The predicted molar refractivity (Wildman–Crippen MR) is 105 cm³/mol. The first-order valence-corrected chi connectivity index (χ1v) is 8.34. The van der Waals surface area contributed by atoms with E-state index in [4.69, 9.17) is 0 Å². The summed E-state index contributed by atoms with van der Waals surface area (Å²) in [6, 6.07) is 22.4. The number of fused-ring (bicyclic) bond motifs is 1. The lowest BCUT2D eigenvalue weighted by Crippen LogP contribution is -2.22. The van der Waals surface area contributed by atoms with Gasteiger partial charge in [-0.05, 0) is 42.0 Å². The zero-order valence-corrected chi connectivity index (χ0v) is 14.2. The molecule has 1 N–H and O–H groups in total. The van der Waals surface area contributed by atoms with E-state index in [-0.39, 0.29) is 17.3 Å². The Kier molecular flexibility index (Phi) is 4.45. The van der Waals surface area contributed by atoms with Crippen LogP contribution in [0.4, 0.5) is 10.3 Å². The number of halogens is 1. The molecule has 5 nitrogen and oxygen atoms in total. The molecule has 132 valence electrons. The van der Waals surface area contributed by atoms with Crippen molar-refractivity contribution in [2.45, 2.75) is 0 Å². The zero-order valence-electron chi connectivity index (χ0n) is 14.2. The van der Waals surface area contributed by atoms with Gasteiger partial charge in [0, 0.05) is 0 Å². The fraction of sp³-hybridized carbons (Fsp3) is 0. The van der Waals surface area contributed by atoms with Crippen LogP contribution in [0, 0.1) is 5.82 Å². The van der Waals surface area contributed by atoms with Crippen LogP contribution in [0.2, 0.25) is 0 Å². The van der Waals surface area contributed by atoms with Crippen molar-refractivity contribution in [2.75, 3.05) is 5.43 Å². The minimum atomic E-state index is -0.344. The Morgan fingerprint density at radius 3 is 2.56 bits per heavy atom. The smallest absolute Gasteiger partial charge is 0.267 e. The SMILES string of the molecule is O=c1c2ccccc2nc(N/N=C/c2cccc(F)c2)n1-c1ccccc1. The van der Waals surface area contributed by atoms with Crippen LogP contribution in [0.1, 0.15) is 5.56 Å². The van der Waals surface area contributed by atoms with E-state index in [0.717, 1.165) is 0 Å². The van der Waals surface area contributed by atoms with Crippen LogP contribution in [0.25, 0.3) is 16.6 Å². The summed E-state index contributed by atoms with van der Waals surface area (Å²) in [6.45, 7) is 0. The van der Waals surface area contributed by atoms with Crippen LogP contribution >= 0.6 is 0 Å². The molecule has 0 unspecified atom stereocenters. The number of nitrogens with one attached hydrogen (secondary N) is 1. The number of hydrazone groups is 1. The molecule has 6 heteroatoms. The number of benzene rings is 3. The molecule has 0 bridgehead atoms. The standard InChI is InChI=1S/C21H15FN4O/c22-16-8-6-7-15(13-16)14-23-25-21-24-19-12-5-4-11-18(19)20(27)26(21)17-9-2-1-3-10-17/h1-14H,(H,24,25)/b23-14+. The predicted octanol–water partition coefficient (Wildman–Crippen LogP) is 3.97. The van der Waals surface area contributed by atoms with Crippen LogP contribution in [0.3, 0.4) is 0 Å². The first-order valence-electron chi connectivity index (χ1n) is 8.34. The van der Waals surface area contributed by atoms with Crippen molar-refractivity contribution in [3.8, 4) is 5.69 Å². The van der Waals surface area contributed by atoms with Gasteiger partial charge in [-0.15, -0.1) is 0 Å². The van der Waals surface area contributed by atoms with E-state index in [0.29, 0.717) is 22.2 Å². The topological polar surface area (TPSA) is 59.3 Å². The van der Waals surface area contributed by atoms with Crippen LogP contribution in [-0.4, -0.2) is 15.8 Å². The molecule has 0 amide bonds. The summed E-state index contributed by atoms with van der Waals surface area (Å²) in [5.41, 5.74) is 4.45. The summed E-state index contributed by atoms with van der Waals surface area (Å²) in [5.74, 6) is -0.0680. The van der Waals surface area contributed by atoms with Crippen molar-refractivity contribution in [1.82, 2.24) is 9.55 Å². The minimum absolute atomic E-state index is 0.199. The van der Waals surface area contributed by atoms with E-state index in [1.165, 1.54) is 22.9 Å². The van der Waals surface area contributed by atoms with Crippen LogP contribution in [0.15, 0.2) is 88.8 Å². The van der Waals surface area contributed by atoms with Gasteiger partial charge in [0.15, 0.2) is 0 Å². The molecule has 0 fully saturated rings. The second-order valence-corrected chi connectivity index (χ2v) is 5.85. The van der Waals surface area contributed by atoms with Gasteiger partial charge >= 0.3 is 0 Å².